The molecule has 1 aliphatic carbocycles. The number of nitrogens with one attached hydrogen (secondary N) is 1. The van der Waals surface area contributed by atoms with Crippen LogP contribution in [0.2, 0.25) is 0 Å². The van der Waals surface area contributed by atoms with Gasteiger partial charge in [0.1, 0.15) is 0 Å². The molecule has 0 radical (unpaired) electrons. The number of hydrogen-bond donors (Lipinski definition) is 1. The zero-order chi connectivity index (χ0) is 13.1. The molecule has 0 heterocycles. The number of likely N-dealkylation sites (N-methyl/N-ethyl adjacent to an activating group) is 1. The normalized spacial score (nSPS) is 19.1. The van der Waals surface area contributed by atoms with Crippen molar-refractivity contribution in [2.75, 3.05) is 19.6 Å². The first-order chi connectivity index (χ1) is 7.83. The van der Waals surface area contributed by atoms with Crippen molar-refractivity contribution in [3.8, 4) is 0 Å². The molecule has 0 aromatic rings. The zero-order valence-electron chi connectivity index (χ0n) is 10.8. The smallest absolute Gasteiger partial charge is 0.313 e. The number of alkyl halides is 3. The van der Waals surface area contributed by atoms with E-state index in [4.69, 9.17) is 0 Å². The second-order valence-electron chi connectivity index (χ2n) is 5.14. The van der Waals surface area contributed by atoms with Gasteiger partial charge in [-0.3, -0.25) is 4.90 Å². The summed E-state index contributed by atoms with van der Waals surface area (Å²) in [6.07, 6.45) is -1.81. The van der Waals surface area contributed by atoms with E-state index in [0.717, 1.165) is 19.4 Å². The maximum absolute atomic E-state index is 12.5. The highest BCUT2D eigenvalue weighted by Gasteiger charge is 2.36. The van der Waals surface area contributed by atoms with Crippen LogP contribution < -0.4 is 5.32 Å². The lowest BCUT2D eigenvalue weighted by Gasteiger charge is -2.31. The van der Waals surface area contributed by atoms with Crippen LogP contribution >= 0.6 is 0 Å². The summed E-state index contributed by atoms with van der Waals surface area (Å²) in [5, 5.41) is 3.31. The Morgan fingerprint density at radius 3 is 2.24 bits per heavy atom. The first-order valence-electron chi connectivity index (χ1n) is 6.37. The molecule has 1 aliphatic rings. The molecule has 1 unspecified atom stereocenters. The van der Waals surface area contributed by atoms with Gasteiger partial charge in [-0.25, -0.2) is 0 Å². The summed E-state index contributed by atoms with van der Waals surface area (Å²) in [5.74, 6) is 0.574. The van der Waals surface area contributed by atoms with Crippen molar-refractivity contribution in [2.45, 2.75) is 51.9 Å². The molecule has 0 spiro atoms. The predicted molar refractivity (Wildman–Crippen MR) is 63.0 cm³/mol. The van der Waals surface area contributed by atoms with Crippen LogP contribution in [0.25, 0.3) is 0 Å². The third-order valence-electron chi connectivity index (χ3n) is 3.20. The standard InChI is InChI=1S/C12H23F3N2/c1-4-16-11(10-5-6-10)7-17(9(2)3)8-12(13,14)15/h9-11,16H,4-8H2,1-3H3. The SMILES string of the molecule is CCNC(CN(CC(F)(F)F)C(C)C)C1CC1. The zero-order valence-corrected chi connectivity index (χ0v) is 10.8. The van der Waals surface area contributed by atoms with E-state index in [1.807, 2.05) is 20.8 Å². The molecule has 1 N–H and O–H groups in total. The Bertz CT molecular complexity index is 224. The fourth-order valence-electron chi connectivity index (χ4n) is 2.08. The van der Waals surface area contributed by atoms with Gasteiger partial charge in [-0.1, -0.05) is 6.92 Å². The Labute approximate surface area is 102 Å². The molecule has 1 rings (SSSR count). The van der Waals surface area contributed by atoms with Gasteiger partial charge < -0.3 is 5.32 Å². The number of hydrogen-bond acceptors (Lipinski definition) is 2. The van der Waals surface area contributed by atoms with E-state index >= 15 is 0 Å². The fourth-order valence-corrected chi connectivity index (χ4v) is 2.08. The van der Waals surface area contributed by atoms with Gasteiger partial charge in [-0.05, 0) is 39.2 Å². The largest absolute Gasteiger partial charge is 0.401 e. The van der Waals surface area contributed by atoms with Crippen LogP contribution in [0.4, 0.5) is 13.2 Å². The molecule has 0 bridgehead atoms. The predicted octanol–water partition coefficient (Wildman–Crippen LogP) is 2.65. The van der Waals surface area contributed by atoms with Crippen LogP contribution in [0.1, 0.15) is 33.6 Å². The molecule has 1 atom stereocenters. The van der Waals surface area contributed by atoms with E-state index < -0.39 is 12.7 Å². The van der Waals surface area contributed by atoms with Crippen molar-refractivity contribution in [1.29, 1.82) is 0 Å². The van der Waals surface area contributed by atoms with E-state index in [0.29, 0.717) is 12.5 Å². The Morgan fingerprint density at radius 1 is 1.29 bits per heavy atom. The second-order valence-corrected chi connectivity index (χ2v) is 5.14. The average molecular weight is 252 g/mol. The molecule has 0 aromatic heterocycles. The van der Waals surface area contributed by atoms with Crippen LogP contribution in [0, 0.1) is 5.92 Å². The quantitative estimate of drug-likeness (QED) is 0.749. The van der Waals surface area contributed by atoms with Crippen molar-refractivity contribution in [2.24, 2.45) is 5.92 Å². The maximum Gasteiger partial charge on any atom is 0.401 e. The summed E-state index contributed by atoms with van der Waals surface area (Å²) in [7, 11) is 0. The minimum atomic E-state index is -4.11. The van der Waals surface area contributed by atoms with E-state index in [1.165, 1.54) is 4.90 Å². The summed E-state index contributed by atoms with van der Waals surface area (Å²) in [6.45, 7) is 6.15. The third-order valence-corrected chi connectivity index (χ3v) is 3.20. The van der Waals surface area contributed by atoms with Crippen LogP contribution in [0.15, 0.2) is 0 Å². The summed E-state index contributed by atoms with van der Waals surface area (Å²) < 4.78 is 37.4. The van der Waals surface area contributed by atoms with Gasteiger partial charge in [0.05, 0.1) is 6.54 Å². The Hall–Kier alpha value is -0.290. The number of nitrogens with zero attached hydrogens (tertiary/aromatic N) is 1. The molecular formula is C12H23F3N2. The summed E-state index contributed by atoms with van der Waals surface area (Å²) >= 11 is 0. The summed E-state index contributed by atoms with van der Waals surface area (Å²) in [4.78, 5) is 1.52. The van der Waals surface area contributed by atoms with Gasteiger partial charge in [0.25, 0.3) is 0 Å². The monoisotopic (exact) mass is 252 g/mol. The van der Waals surface area contributed by atoms with Crippen molar-refractivity contribution >= 4 is 0 Å². The van der Waals surface area contributed by atoms with Gasteiger partial charge in [-0.2, -0.15) is 13.2 Å². The van der Waals surface area contributed by atoms with Crippen LogP contribution in [-0.4, -0.2) is 42.8 Å². The second kappa shape index (κ2) is 6.05. The van der Waals surface area contributed by atoms with Gasteiger partial charge in [0, 0.05) is 18.6 Å². The molecule has 102 valence electrons. The highest BCUT2D eigenvalue weighted by molar-refractivity contribution is 4.89. The van der Waals surface area contributed by atoms with E-state index in [9.17, 15) is 13.2 Å². The van der Waals surface area contributed by atoms with E-state index in [2.05, 4.69) is 5.32 Å². The molecule has 0 aromatic carbocycles. The van der Waals surface area contributed by atoms with Crippen molar-refractivity contribution in [3.05, 3.63) is 0 Å². The molecular weight excluding hydrogens is 229 g/mol. The molecule has 2 nitrogen and oxygen atoms in total. The number of rotatable bonds is 7. The molecule has 0 aliphatic heterocycles. The van der Waals surface area contributed by atoms with Gasteiger partial charge >= 0.3 is 6.18 Å². The first kappa shape index (κ1) is 14.8. The lowest BCUT2D eigenvalue weighted by Crippen LogP contribution is -2.48. The lowest BCUT2D eigenvalue weighted by atomic mass is 10.1. The lowest BCUT2D eigenvalue weighted by molar-refractivity contribution is -0.150. The molecule has 5 heteroatoms. The number of halogens is 3. The molecule has 1 saturated carbocycles. The Balaban J connectivity index is 2.51. The summed E-state index contributed by atoms with van der Waals surface area (Å²) in [6, 6.07) is 0.140. The van der Waals surface area contributed by atoms with E-state index in [-0.39, 0.29) is 12.1 Å². The topological polar surface area (TPSA) is 15.3 Å². The highest BCUT2D eigenvalue weighted by Crippen LogP contribution is 2.33. The van der Waals surface area contributed by atoms with Crippen molar-refractivity contribution in [1.82, 2.24) is 10.2 Å². The minimum Gasteiger partial charge on any atom is -0.313 e. The third kappa shape index (κ3) is 5.73. The van der Waals surface area contributed by atoms with Crippen molar-refractivity contribution in [3.63, 3.8) is 0 Å². The van der Waals surface area contributed by atoms with Gasteiger partial charge in [0.2, 0.25) is 0 Å². The molecule has 1 fully saturated rings. The van der Waals surface area contributed by atoms with Gasteiger partial charge in [0.15, 0.2) is 0 Å². The Kier molecular flexibility index (Phi) is 5.25. The molecule has 0 saturated heterocycles. The van der Waals surface area contributed by atoms with Gasteiger partial charge in [-0.15, -0.1) is 0 Å². The molecule has 0 amide bonds. The average Bonchev–Trinajstić information content (AvgIpc) is 2.96. The Morgan fingerprint density at radius 2 is 1.88 bits per heavy atom. The van der Waals surface area contributed by atoms with Crippen molar-refractivity contribution < 1.29 is 13.2 Å². The van der Waals surface area contributed by atoms with Crippen LogP contribution in [0.5, 0.6) is 0 Å². The van der Waals surface area contributed by atoms with Crippen LogP contribution in [-0.2, 0) is 0 Å². The highest BCUT2D eigenvalue weighted by atomic mass is 19.4. The van der Waals surface area contributed by atoms with Crippen LogP contribution in [0.3, 0.4) is 0 Å². The first-order valence-corrected chi connectivity index (χ1v) is 6.37. The van der Waals surface area contributed by atoms with E-state index in [1.54, 1.807) is 0 Å². The fraction of sp³-hybridized carbons (Fsp3) is 1.00. The minimum absolute atomic E-state index is 0.0727. The summed E-state index contributed by atoms with van der Waals surface area (Å²) in [5.41, 5.74) is 0. The molecule has 17 heavy (non-hydrogen) atoms. The maximum atomic E-state index is 12.5.